The van der Waals surface area contributed by atoms with Crippen LogP contribution in [-0.4, -0.2) is 45.8 Å². The van der Waals surface area contributed by atoms with E-state index in [4.69, 9.17) is 21.7 Å². The number of para-hydroxylation sites is 1. The van der Waals surface area contributed by atoms with Crippen molar-refractivity contribution in [2.24, 2.45) is 0 Å². The summed E-state index contributed by atoms with van der Waals surface area (Å²) >= 11 is 5.24. The quantitative estimate of drug-likeness (QED) is 0.364. The van der Waals surface area contributed by atoms with E-state index in [1.807, 2.05) is 0 Å². The molecule has 0 bridgehead atoms. The molecule has 2 aromatic carbocycles. The van der Waals surface area contributed by atoms with Gasteiger partial charge in [-0.25, -0.2) is 13.1 Å². The van der Waals surface area contributed by atoms with Crippen LogP contribution in [0.5, 0.6) is 5.75 Å². The lowest BCUT2D eigenvalue weighted by Crippen LogP contribution is -2.36. The number of amides is 1. The van der Waals surface area contributed by atoms with E-state index in [0.29, 0.717) is 30.2 Å². The average Bonchev–Trinajstić information content (AvgIpc) is 2.80. The summed E-state index contributed by atoms with van der Waals surface area (Å²) < 4.78 is 38.6. The van der Waals surface area contributed by atoms with Crippen LogP contribution >= 0.6 is 12.2 Å². The molecule has 0 saturated heterocycles. The van der Waals surface area contributed by atoms with Crippen molar-refractivity contribution in [2.75, 3.05) is 25.6 Å². The number of carbonyl (C=O) groups is 1. The van der Waals surface area contributed by atoms with Gasteiger partial charge in [-0.15, -0.1) is 0 Å². The molecule has 2 aromatic rings. The SMILES string of the molecule is COCCOc1ccccc1C(=O)NC(=S)Nc1ccc(S(=O)(=O)NC2CCCCC2)cc1. The van der Waals surface area contributed by atoms with Crippen LogP contribution in [0, 0.1) is 0 Å². The van der Waals surface area contributed by atoms with E-state index in [2.05, 4.69) is 15.4 Å². The van der Waals surface area contributed by atoms with E-state index < -0.39 is 15.9 Å². The Kier molecular flexibility index (Phi) is 9.19. The number of methoxy groups -OCH3 is 1. The Bertz CT molecular complexity index is 1050. The van der Waals surface area contributed by atoms with Gasteiger partial charge in [-0.05, 0) is 61.5 Å². The van der Waals surface area contributed by atoms with Crippen LogP contribution in [0.4, 0.5) is 5.69 Å². The number of hydrogen-bond acceptors (Lipinski definition) is 6. The molecule has 0 radical (unpaired) electrons. The summed E-state index contributed by atoms with van der Waals surface area (Å²) in [5, 5.41) is 5.60. The van der Waals surface area contributed by atoms with Crippen LogP contribution in [0.2, 0.25) is 0 Å². The summed E-state index contributed by atoms with van der Waals surface area (Å²) in [6.45, 7) is 0.714. The Morgan fingerprint density at radius 1 is 1.03 bits per heavy atom. The first-order valence-corrected chi connectivity index (χ1v) is 12.7. The number of sulfonamides is 1. The second-order valence-electron chi connectivity index (χ2n) is 7.73. The van der Waals surface area contributed by atoms with Crippen molar-refractivity contribution in [3.63, 3.8) is 0 Å². The summed E-state index contributed by atoms with van der Waals surface area (Å²) in [5.41, 5.74) is 0.898. The van der Waals surface area contributed by atoms with Crippen molar-refractivity contribution >= 4 is 38.9 Å². The van der Waals surface area contributed by atoms with Crippen molar-refractivity contribution in [1.29, 1.82) is 0 Å². The average molecular weight is 492 g/mol. The van der Waals surface area contributed by atoms with Gasteiger partial charge in [0.05, 0.1) is 17.1 Å². The summed E-state index contributed by atoms with van der Waals surface area (Å²) in [7, 11) is -2.01. The molecule has 33 heavy (non-hydrogen) atoms. The molecule has 8 nitrogen and oxygen atoms in total. The van der Waals surface area contributed by atoms with Crippen molar-refractivity contribution < 1.29 is 22.7 Å². The Morgan fingerprint density at radius 2 is 1.73 bits per heavy atom. The molecular weight excluding hydrogens is 462 g/mol. The van der Waals surface area contributed by atoms with Gasteiger partial charge in [-0.2, -0.15) is 0 Å². The largest absolute Gasteiger partial charge is 0.490 e. The van der Waals surface area contributed by atoms with Gasteiger partial charge < -0.3 is 14.8 Å². The Labute approximate surface area is 200 Å². The normalized spacial score (nSPS) is 14.5. The Balaban J connectivity index is 1.57. The zero-order chi connectivity index (χ0) is 23.7. The second-order valence-corrected chi connectivity index (χ2v) is 9.85. The highest BCUT2D eigenvalue weighted by atomic mass is 32.2. The molecule has 3 N–H and O–H groups in total. The molecule has 0 aliphatic heterocycles. The van der Waals surface area contributed by atoms with Crippen LogP contribution in [-0.2, 0) is 14.8 Å². The molecule has 0 aromatic heterocycles. The van der Waals surface area contributed by atoms with Crippen LogP contribution < -0.4 is 20.1 Å². The maximum absolute atomic E-state index is 12.6. The molecule has 0 heterocycles. The first kappa shape index (κ1) is 25.1. The molecular formula is C23H29N3O5S2. The summed E-state index contributed by atoms with van der Waals surface area (Å²) in [4.78, 5) is 12.8. The smallest absolute Gasteiger partial charge is 0.261 e. The Hall–Kier alpha value is -2.53. The van der Waals surface area contributed by atoms with Gasteiger partial charge in [0.2, 0.25) is 10.0 Å². The fraction of sp³-hybridized carbons (Fsp3) is 0.391. The lowest BCUT2D eigenvalue weighted by molar-refractivity contribution is 0.0970. The van der Waals surface area contributed by atoms with E-state index in [9.17, 15) is 13.2 Å². The number of rotatable bonds is 9. The van der Waals surface area contributed by atoms with Crippen LogP contribution in [0.15, 0.2) is 53.4 Å². The van der Waals surface area contributed by atoms with Gasteiger partial charge in [0.1, 0.15) is 12.4 Å². The molecule has 0 unspecified atom stereocenters. The van der Waals surface area contributed by atoms with Crippen molar-refractivity contribution in [3.05, 3.63) is 54.1 Å². The minimum absolute atomic E-state index is 0.00861. The van der Waals surface area contributed by atoms with Gasteiger partial charge in [0.15, 0.2) is 5.11 Å². The van der Waals surface area contributed by atoms with Crippen LogP contribution in [0.25, 0.3) is 0 Å². The predicted octanol–water partition coefficient (Wildman–Crippen LogP) is 3.45. The maximum atomic E-state index is 12.6. The third kappa shape index (κ3) is 7.50. The van der Waals surface area contributed by atoms with E-state index in [0.717, 1.165) is 32.1 Å². The number of anilines is 1. The number of hydrogen-bond donors (Lipinski definition) is 3. The topological polar surface area (TPSA) is 106 Å². The molecule has 1 aliphatic rings. The van der Waals surface area contributed by atoms with Crippen LogP contribution in [0.3, 0.4) is 0 Å². The first-order chi connectivity index (χ1) is 15.9. The number of benzene rings is 2. The molecule has 3 rings (SSSR count). The van der Waals surface area contributed by atoms with E-state index in [1.165, 1.54) is 12.1 Å². The predicted molar refractivity (Wildman–Crippen MR) is 131 cm³/mol. The molecule has 1 aliphatic carbocycles. The van der Waals surface area contributed by atoms with Gasteiger partial charge >= 0.3 is 0 Å². The molecule has 0 spiro atoms. The zero-order valence-electron chi connectivity index (χ0n) is 18.5. The van der Waals surface area contributed by atoms with Crippen molar-refractivity contribution in [2.45, 2.75) is 43.0 Å². The number of ether oxygens (including phenoxy) is 2. The Morgan fingerprint density at radius 3 is 2.42 bits per heavy atom. The highest BCUT2D eigenvalue weighted by Gasteiger charge is 2.22. The number of nitrogens with one attached hydrogen (secondary N) is 3. The van der Waals surface area contributed by atoms with Gasteiger partial charge in [-0.3, -0.25) is 10.1 Å². The summed E-state index contributed by atoms with van der Waals surface area (Å²) in [5.74, 6) is 0.00581. The lowest BCUT2D eigenvalue weighted by Gasteiger charge is -2.22. The van der Waals surface area contributed by atoms with E-state index >= 15 is 0 Å². The van der Waals surface area contributed by atoms with Gasteiger partial charge in [0.25, 0.3) is 5.91 Å². The number of thiocarbonyl (C=S) groups is 1. The monoisotopic (exact) mass is 491 g/mol. The maximum Gasteiger partial charge on any atom is 0.261 e. The van der Waals surface area contributed by atoms with Crippen molar-refractivity contribution in [3.8, 4) is 5.75 Å². The minimum atomic E-state index is -3.58. The molecule has 0 atom stereocenters. The zero-order valence-corrected chi connectivity index (χ0v) is 20.1. The highest BCUT2D eigenvalue weighted by Crippen LogP contribution is 2.21. The lowest BCUT2D eigenvalue weighted by atomic mass is 9.96. The molecule has 1 saturated carbocycles. The minimum Gasteiger partial charge on any atom is -0.490 e. The summed E-state index contributed by atoms with van der Waals surface area (Å²) in [6, 6.07) is 13.1. The fourth-order valence-electron chi connectivity index (χ4n) is 3.57. The van der Waals surface area contributed by atoms with Crippen molar-refractivity contribution in [1.82, 2.24) is 10.0 Å². The van der Waals surface area contributed by atoms with Crippen LogP contribution in [0.1, 0.15) is 42.5 Å². The molecule has 178 valence electrons. The molecule has 1 fully saturated rings. The first-order valence-electron chi connectivity index (χ1n) is 10.8. The molecule has 10 heteroatoms. The van der Waals surface area contributed by atoms with Gasteiger partial charge in [0, 0.05) is 18.8 Å². The number of carbonyl (C=O) groups excluding carboxylic acids is 1. The fourth-order valence-corrected chi connectivity index (χ4v) is 5.09. The van der Waals surface area contributed by atoms with E-state index in [-0.39, 0.29) is 16.0 Å². The van der Waals surface area contributed by atoms with E-state index in [1.54, 1.807) is 43.5 Å². The third-order valence-electron chi connectivity index (χ3n) is 5.25. The standard InChI is InChI=1S/C23H29N3O5S2/c1-30-15-16-31-21-10-6-5-9-20(21)22(27)25-23(32)24-17-11-13-19(14-12-17)33(28,29)26-18-7-3-2-4-8-18/h5-6,9-14,18,26H,2-4,7-8,15-16H2,1H3,(H2,24,25,27,32). The highest BCUT2D eigenvalue weighted by molar-refractivity contribution is 7.89. The third-order valence-corrected chi connectivity index (χ3v) is 6.99. The summed E-state index contributed by atoms with van der Waals surface area (Å²) in [6.07, 6.45) is 4.98. The molecule has 1 amide bonds. The van der Waals surface area contributed by atoms with Gasteiger partial charge in [-0.1, -0.05) is 31.4 Å². The second kappa shape index (κ2) is 12.1.